The lowest BCUT2D eigenvalue weighted by Gasteiger charge is -2.31. The van der Waals surface area contributed by atoms with E-state index < -0.39 is 5.97 Å². The van der Waals surface area contributed by atoms with E-state index >= 15 is 0 Å². The van der Waals surface area contributed by atoms with Gasteiger partial charge in [0.25, 0.3) is 0 Å². The van der Waals surface area contributed by atoms with Gasteiger partial charge in [0.1, 0.15) is 11.6 Å². The molecule has 1 aliphatic heterocycles. The van der Waals surface area contributed by atoms with Crippen LogP contribution in [0.15, 0.2) is 36.4 Å². The highest BCUT2D eigenvalue weighted by Crippen LogP contribution is 2.47. The molecule has 0 atom stereocenters. The molecular weight excluding hydrogens is 421 g/mol. The Hall–Kier alpha value is -2.86. The van der Waals surface area contributed by atoms with Crippen molar-refractivity contribution in [2.24, 2.45) is 5.92 Å². The minimum atomic E-state index is -0.708. The van der Waals surface area contributed by atoms with Crippen molar-refractivity contribution in [3.05, 3.63) is 59.0 Å². The summed E-state index contributed by atoms with van der Waals surface area (Å²) in [6, 6.07) is 10.7. The van der Waals surface area contributed by atoms with Crippen molar-refractivity contribution >= 4 is 16.9 Å². The highest BCUT2D eigenvalue weighted by Gasteiger charge is 2.34. The lowest BCUT2D eigenvalue weighted by molar-refractivity contribution is -0.142. The number of phenols is 1. The van der Waals surface area contributed by atoms with Crippen LogP contribution in [0.25, 0.3) is 16.6 Å². The molecule has 2 aromatic carbocycles. The summed E-state index contributed by atoms with van der Waals surface area (Å²) in [5, 5.41) is 20.9. The molecule has 2 fully saturated rings. The van der Waals surface area contributed by atoms with Crippen LogP contribution in [0.5, 0.6) is 5.75 Å². The molecule has 0 bridgehead atoms. The molecule has 6 heteroatoms. The molecule has 2 heterocycles. The van der Waals surface area contributed by atoms with E-state index in [1.165, 1.54) is 17.3 Å². The monoisotopic (exact) mass is 451 g/mol. The third-order valence-corrected chi connectivity index (χ3v) is 7.52. The normalized spacial score (nSPS) is 22.0. The van der Waals surface area contributed by atoms with Crippen molar-refractivity contribution in [2.45, 2.75) is 57.3 Å². The molecule has 2 aliphatic rings. The van der Waals surface area contributed by atoms with Gasteiger partial charge in [-0.3, -0.25) is 4.79 Å². The topological polar surface area (TPSA) is 71.7 Å². The number of ether oxygens (including phenoxy) is 1. The van der Waals surface area contributed by atoms with E-state index in [1.54, 1.807) is 13.0 Å². The predicted octanol–water partition coefficient (Wildman–Crippen LogP) is 6.04. The molecule has 174 valence electrons. The summed E-state index contributed by atoms with van der Waals surface area (Å²) in [5.41, 5.74) is 4.93. The number of halogens is 1. The molecule has 0 radical (unpaired) electrons. The molecule has 1 saturated heterocycles. The average Bonchev–Trinajstić information content (AvgIpc) is 3.15. The first kappa shape index (κ1) is 22.0. The van der Waals surface area contributed by atoms with Gasteiger partial charge >= 0.3 is 5.97 Å². The summed E-state index contributed by atoms with van der Waals surface area (Å²) in [4.78, 5) is 11.5. The molecule has 5 rings (SSSR count). The van der Waals surface area contributed by atoms with Gasteiger partial charge in [-0.25, -0.2) is 4.39 Å². The number of phenolic OH excluding ortho intramolecular Hbond substituents is 1. The Balaban J connectivity index is 1.73. The van der Waals surface area contributed by atoms with E-state index in [9.17, 15) is 19.4 Å². The number of hydrogen-bond donors (Lipinski definition) is 2. The predicted molar refractivity (Wildman–Crippen MR) is 125 cm³/mol. The maximum Gasteiger partial charge on any atom is 0.306 e. The first-order valence-corrected chi connectivity index (χ1v) is 11.9. The van der Waals surface area contributed by atoms with E-state index in [-0.39, 0.29) is 29.3 Å². The molecule has 0 unspecified atom stereocenters. The first-order chi connectivity index (χ1) is 15.9. The Morgan fingerprint density at radius 2 is 1.73 bits per heavy atom. The molecule has 1 saturated carbocycles. The van der Waals surface area contributed by atoms with Crippen LogP contribution in [-0.2, 0) is 9.53 Å². The minimum Gasteiger partial charge on any atom is -0.508 e. The average molecular weight is 452 g/mol. The fourth-order valence-electron chi connectivity index (χ4n) is 5.80. The second-order valence-corrected chi connectivity index (χ2v) is 9.54. The van der Waals surface area contributed by atoms with Gasteiger partial charge in [-0.15, -0.1) is 0 Å². The lowest BCUT2D eigenvalue weighted by Crippen LogP contribution is -2.23. The summed E-state index contributed by atoms with van der Waals surface area (Å²) in [6.45, 7) is 3.18. The van der Waals surface area contributed by atoms with Crippen LogP contribution in [0.3, 0.4) is 0 Å². The number of aromatic hydroxyl groups is 1. The van der Waals surface area contributed by atoms with Crippen LogP contribution in [0.4, 0.5) is 4.39 Å². The highest BCUT2D eigenvalue weighted by atomic mass is 19.1. The van der Waals surface area contributed by atoms with Gasteiger partial charge in [0.15, 0.2) is 0 Å². The Bertz CT molecular complexity index is 1190. The molecule has 1 aliphatic carbocycles. The Morgan fingerprint density at radius 3 is 2.39 bits per heavy atom. The van der Waals surface area contributed by atoms with Crippen LogP contribution < -0.4 is 0 Å². The van der Waals surface area contributed by atoms with E-state index in [4.69, 9.17) is 4.74 Å². The number of carboxylic acids is 1. The first-order valence-electron chi connectivity index (χ1n) is 11.9. The number of rotatable bonds is 4. The summed E-state index contributed by atoms with van der Waals surface area (Å²) in [5.74, 6) is -0.493. The second-order valence-electron chi connectivity index (χ2n) is 9.54. The lowest BCUT2D eigenvalue weighted by atomic mass is 9.76. The number of carboxylic acid groups (broad SMARTS) is 1. The molecule has 0 amide bonds. The Labute approximate surface area is 192 Å². The summed E-state index contributed by atoms with van der Waals surface area (Å²) in [6.07, 6.45) is 4.75. The van der Waals surface area contributed by atoms with Crippen molar-refractivity contribution in [1.82, 2.24) is 4.57 Å². The van der Waals surface area contributed by atoms with Crippen LogP contribution in [0, 0.1) is 18.7 Å². The zero-order valence-corrected chi connectivity index (χ0v) is 18.9. The Morgan fingerprint density at radius 1 is 1.00 bits per heavy atom. The van der Waals surface area contributed by atoms with Gasteiger partial charge in [0, 0.05) is 35.9 Å². The molecule has 2 N–H and O–H groups in total. The van der Waals surface area contributed by atoms with Gasteiger partial charge in [-0.1, -0.05) is 0 Å². The fraction of sp³-hybridized carbons (Fsp3) is 0.444. The number of aryl methyl sites for hydroxylation is 1. The van der Waals surface area contributed by atoms with E-state index in [0.717, 1.165) is 42.3 Å². The largest absolute Gasteiger partial charge is 0.508 e. The van der Waals surface area contributed by atoms with Crippen LogP contribution in [-0.4, -0.2) is 34.0 Å². The maximum absolute atomic E-state index is 14.1. The number of fused-ring (bicyclic) bond motifs is 1. The standard InChI is InChI=1S/C27H30FNO4/c1-16-14-20(6-8-23(16)28)29-24-9-7-21(30)15-22(24)25(26(29)18-10-12-33-13-11-18)17-2-4-19(5-3-17)27(31)32/h6-9,14-15,17-19,30H,2-5,10-13H2,1H3,(H,31,32). The summed E-state index contributed by atoms with van der Waals surface area (Å²) in [7, 11) is 0. The van der Waals surface area contributed by atoms with Crippen LogP contribution in [0.2, 0.25) is 0 Å². The third kappa shape index (κ3) is 4.01. The quantitative estimate of drug-likeness (QED) is 0.508. The van der Waals surface area contributed by atoms with Crippen molar-refractivity contribution < 1.29 is 24.1 Å². The third-order valence-electron chi connectivity index (χ3n) is 7.52. The molecule has 33 heavy (non-hydrogen) atoms. The van der Waals surface area contributed by atoms with Gasteiger partial charge in [0.2, 0.25) is 0 Å². The number of nitrogens with zero attached hydrogens (tertiary/aromatic N) is 1. The molecular formula is C27H30FNO4. The van der Waals surface area contributed by atoms with E-state index in [0.29, 0.717) is 31.6 Å². The number of benzene rings is 2. The van der Waals surface area contributed by atoms with Gasteiger partial charge in [-0.2, -0.15) is 0 Å². The van der Waals surface area contributed by atoms with Crippen molar-refractivity contribution in [3.63, 3.8) is 0 Å². The van der Waals surface area contributed by atoms with Crippen LogP contribution >= 0.6 is 0 Å². The molecule has 0 spiro atoms. The summed E-state index contributed by atoms with van der Waals surface area (Å²) < 4.78 is 22.0. The number of aliphatic carboxylic acids is 1. The summed E-state index contributed by atoms with van der Waals surface area (Å²) >= 11 is 0. The van der Waals surface area contributed by atoms with E-state index in [2.05, 4.69) is 4.57 Å². The van der Waals surface area contributed by atoms with Crippen LogP contribution in [0.1, 0.15) is 67.2 Å². The van der Waals surface area contributed by atoms with Crippen molar-refractivity contribution in [1.29, 1.82) is 0 Å². The number of aromatic nitrogens is 1. The Kier molecular flexibility index (Phi) is 5.87. The smallest absolute Gasteiger partial charge is 0.306 e. The molecule has 3 aromatic rings. The number of hydrogen-bond acceptors (Lipinski definition) is 3. The zero-order valence-electron chi connectivity index (χ0n) is 18.9. The SMILES string of the molecule is Cc1cc(-n2c(C3CCOCC3)c(C3CCC(C(=O)O)CC3)c3cc(O)ccc32)ccc1F. The minimum absolute atomic E-state index is 0.217. The van der Waals surface area contributed by atoms with E-state index in [1.807, 2.05) is 24.3 Å². The number of carbonyl (C=O) groups is 1. The highest BCUT2D eigenvalue weighted by molar-refractivity contribution is 5.89. The van der Waals surface area contributed by atoms with Crippen molar-refractivity contribution in [2.75, 3.05) is 13.2 Å². The maximum atomic E-state index is 14.1. The zero-order chi connectivity index (χ0) is 23.1. The van der Waals surface area contributed by atoms with Gasteiger partial charge < -0.3 is 19.5 Å². The van der Waals surface area contributed by atoms with Crippen molar-refractivity contribution in [3.8, 4) is 11.4 Å². The molecule has 1 aromatic heterocycles. The molecule has 5 nitrogen and oxygen atoms in total. The fourth-order valence-corrected chi connectivity index (χ4v) is 5.80. The van der Waals surface area contributed by atoms with Gasteiger partial charge in [0.05, 0.1) is 11.4 Å². The second kappa shape index (κ2) is 8.82. The van der Waals surface area contributed by atoms with Gasteiger partial charge in [-0.05, 0) is 98.9 Å².